The molecule has 8 heteroatoms. The Morgan fingerprint density at radius 1 is 1.45 bits per heavy atom. The highest BCUT2D eigenvalue weighted by molar-refractivity contribution is 7.93. The number of anilines is 2. The van der Waals surface area contributed by atoms with Crippen LogP contribution in [0.25, 0.3) is 0 Å². The SMILES string of the molecule is Cc1nscc1CNc1ccc(F)c(N2CCCS2(=O)=O)c1. The van der Waals surface area contributed by atoms with E-state index >= 15 is 0 Å². The van der Waals surface area contributed by atoms with Crippen LogP contribution in [-0.4, -0.2) is 25.1 Å². The van der Waals surface area contributed by atoms with Gasteiger partial charge in [-0.1, -0.05) is 0 Å². The van der Waals surface area contributed by atoms with Crippen LogP contribution in [0.4, 0.5) is 15.8 Å². The third kappa shape index (κ3) is 2.93. The number of aromatic nitrogens is 1. The Labute approximate surface area is 133 Å². The molecule has 0 bridgehead atoms. The van der Waals surface area contributed by atoms with Crippen molar-refractivity contribution >= 4 is 32.9 Å². The number of sulfonamides is 1. The van der Waals surface area contributed by atoms with Crippen LogP contribution in [0.5, 0.6) is 0 Å². The van der Waals surface area contributed by atoms with Crippen LogP contribution in [0, 0.1) is 12.7 Å². The fraction of sp³-hybridized carbons (Fsp3) is 0.357. The maximum atomic E-state index is 14.0. The second kappa shape index (κ2) is 5.85. The minimum Gasteiger partial charge on any atom is -0.381 e. The second-order valence-electron chi connectivity index (χ2n) is 5.19. The lowest BCUT2D eigenvalue weighted by Crippen LogP contribution is -2.26. The van der Waals surface area contributed by atoms with E-state index in [9.17, 15) is 12.8 Å². The topological polar surface area (TPSA) is 62.3 Å². The summed E-state index contributed by atoms with van der Waals surface area (Å²) in [7, 11) is -3.39. The van der Waals surface area contributed by atoms with E-state index in [0.717, 1.165) is 15.6 Å². The molecular formula is C14H16FN3O2S2. The maximum Gasteiger partial charge on any atom is 0.235 e. The molecule has 1 aromatic heterocycles. The molecule has 3 rings (SSSR count). The van der Waals surface area contributed by atoms with Gasteiger partial charge in [-0.2, -0.15) is 4.37 Å². The molecule has 0 unspecified atom stereocenters. The van der Waals surface area contributed by atoms with Crippen molar-refractivity contribution < 1.29 is 12.8 Å². The highest BCUT2D eigenvalue weighted by Crippen LogP contribution is 2.29. The number of hydrogen-bond donors (Lipinski definition) is 1. The summed E-state index contributed by atoms with van der Waals surface area (Å²) in [5.41, 5.74) is 2.83. The molecule has 0 saturated carbocycles. The molecule has 2 aromatic rings. The van der Waals surface area contributed by atoms with Crippen LogP contribution in [0.15, 0.2) is 23.6 Å². The van der Waals surface area contributed by atoms with Crippen molar-refractivity contribution in [2.75, 3.05) is 21.9 Å². The van der Waals surface area contributed by atoms with Crippen molar-refractivity contribution in [3.05, 3.63) is 40.7 Å². The van der Waals surface area contributed by atoms with Gasteiger partial charge in [0.25, 0.3) is 0 Å². The third-order valence-corrected chi connectivity index (χ3v) is 6.27. The fourth-order valence-electron chi connectivity index (χ4n) is 2.40. The van der Waals surface area contributed by atoms with Gasteiger partial charge in [-0.3, -0.25) is 4.31 Å². The van der Waals surface area contributed by atoms with E-state index in [2.05, 4.69) is 9.69 Å². The molecule has 1 aliphatic rings. The lowest BCUT2D eigenvalue weighted by atomic mass is 10.2. The number of rotatable bonds is 4. The average molecular weight is 341 g/mol. The minimum atomic E-state index is -3.39. The highest BCUT2D eigenvalue weighted by atomic mass is 32.2. The third-order valence-electron chi connectivity index (χ3n) is 3.65. The molecule has 22 heavy (non-hydrogen) atoms. The minimum absolute atomic E-state index is 0.0733. The zero-order valence-corrected chi connectivity index (χ0v) is 13.7. The molecule has 1 saturated heterocycles. The van der Waals surface area contributed by atoms with E-state index in [1.165, 1.54) is 17.6 Å². The van der Waals surface area contributed by atoms with Crippen LogP contribution < -0.4 is 9.62 Å². The van der Waals surface area contributed by atoms with E-state index in [4.69, 9.17) is 0 Å². The number of nitrogens with zero attached hydrogens (tertiary/aromatic N) is 2. The largest absolute Gasteiger partial charge is 0.381 e. The Morgan fingerprint density at radius 3 is 2.91 bits per heavy atom. The molecule has 0 atom stereocenters. The number of benzene rings is 1. The van der Waals surface area contributed by atoms with Crippen LogP contribution in [0.2, 0.25) is 0 Å². The van der Waals surface area contributed by atoms with Gasteiger partial charge in [0.1, 0.15) is 5.82 Å². The molecule has 5 nitrogen and oxygen atoms in total. The first-order chi connectivity index (χ1) is 10.5. The summed E-state index contributed by atoms with van der Waals surface area (Å²) in [6.45, 7) is 2.83. The second-order valence-corrected chi connectivity index (χ2v) is 7.83. The van der Waals surface area contributed by atoms with Crippen molar-refractivity contribution in [3.63, 3.8) is 0 Å². The maximum absolute atomic E-state index is 14.0. The van der Waals surface area contributed by atoms with Crippen molar-refractivity contribution in [1.82, 2.24) is 4.37 Å². The smallest absolute Gasteiger partial charge is 0.235 e. The first-order valence-corrected chi connectivity index (χ1v) is 9.35. The Kier molecular flexibility index (Phi) is 4.05. The van der Waals surface area contributed by atoms with Crippen LogP contribution in [0.1, 0.15) is 17.7 Å². The number of halogens is 1. The predicted molar refractivity (Wildman–Crippen MR) is 86.3 cm³/mol. The van der Waals surface area contributed by atoms with Gasteiger partial charge in [0.2, 0.25) is 10.0 Å². The van der Waals surface area contributed by atoms with Gasteiger partial charge >= 0.3 is 0 Å². The van der Waals surface area contributed by atoms with Crippen molar-refractivity contribution in [3.8, 4) is 0 Å². The van der Waals surface area contributed by atoms with E-state index in [1.54, 1.807) is 12.1 Å². The average Bonchev–Trinajstić information content (AvgIpc) is 3.03. The summed E-state index contributed by atoms with van der Waals surface area (Å²) >= 11 is 1.39. The number of aryl methyl sites for hydroxylation is 1. The summed E-state index contributed by atoms with van der Waals surface area (Å²) in [5, 5.41) is 5.14. The summed E-state index contributed by atoms with van der Waals surface area (Å²) in [4.78, 5) is 0. The Hall–Kier alpha value is -1.67. The normalized spacial score (nSPS) is 16.9. The van der Waals surface area contributed by atoms with Gasteiger partial charge in [0, 0.05) is 29.7 Å². The molecule has 2 heterocycles. The van der Waals surface area contributed by atoms with Crippen LogP contribution in [-0.2, 0) is 16.6 Å². The van der Waals surface area contributed by atoms with Gasteiger partial charge < -0.3 is 5.32 Å². The molecule has 1 aromatic carbocycles. The van der Waals surface area contributed by atoms with E-state index in [-0.39, 0.29) is 11.4 Å². The quantitative estimate of drug-likeness (QED) is 0.929. The van der Waals surface area contributed by atoms with Gasteiger partial charge in [0.05, 0.1) is 17.1 Å². The zero-order chi connectivity index (χ0) is 15.7. The standard InChI is InChI=1S/C14H16FN3O2S2/c1-10-11(9-21-17-10)8-16-12-3-4-13(15)14(7-12)18-5-2-6-22(18,19)20/h3-4,7,9,16H,2,5-6,8H2,1H3. The lowest BCUT2D eigenvalue weighted by Gasteiger charge is -2.18. The van der Waals surface area contributed by atoms with Crippen LogP contribution >= 0.6 is 11.5 Å². The summed E-state index contributed by atoms with van der Waals surface area (Å²) in [6, 6.07) is 4.45. The molecule has 0 amide bonds. The first-order valence-electron chi connectivity index (χ1n) is 6.91. The first kappa shape index (κ1) is 15.2. The van der Waals surface area contributed by atoms with Gasteiger partial charge in [-0.15, -0.1) is 0 Å². The molecule has 1 aliphatic heterocycles. The Bertz CT molecular complexity index is 789. The van der Waals surface area contributed by atoms with Gasteiger partial charge in [0.15, 0.2) is 0 Å². The lowest BCUT2D eigenvalue weighted by molar-refractivity contribution is 0.595. The van der Waals surface area contributed by atoms with Gasteiger partial charge in [-0.25, -0.2) is 12.8 Å². The summed E-state index contributed by atoms with van der Waals surface area (Å²) < 4.78 is 43.2. The molecule has 0 aliphatic carbocycles. The fourth-order valence-corrected chi connectivity index (χ4v) is 4.67. The zero-order valence-electron chi connectivity index (χ0n) is 12.0. The van der Waals surface area contributed by atoms with Gasteiger partial charge in [-0.05, 0) is 43.1 Å². The van der Waals surface area contributed by atoms with E-state index in [0.29, 0.717) is 25.2 Å². The molecule has 1 fully saturated rings. The highest BCUT2D eigenvalue weighted by Gasteiger charge is 2.30. The molecule has 0 spiro atoms. The summed E-state index contributed by atoms with van der Waals surface area (Å²) in [6.07, 6.45) is 0.527. The number of nitrogens with one attached hydrogen (secondary N) is 1. The Balaban J connectivity index is 1.82. The van der Waals surface area contributed by atoms with Crippen molar-refractivity contribution in [2.45, 2.75) is 19.9 Å². The predicted octanol–water partition coefficient (Wildman–Crippen LogP) is 2.74. The monoisotopic (exact) mass is 341 g/mol. The molecule has 118 valence electrons. The van der Waals surface area contributed by atoms with E-state index < -0.39 is 15.8 Å². The molecule has 1 N–H and O–H groups in total. The number of hydrogen-bond acceptors (Lipinski definition) is 5. The van der Waals surface area contributed by atoms with Crippen molar-refractivity contribution in [2.24, 2.45) is 0 Å². The molecule has 0 radical (unpaired) electrons. The van der Waals surface area contributed by atoms with Crippen molar-refractivity contribution in [1.29, 1.82) is 0 Å². The Morgan fingerprint density at radius 2 is 2.27 bits per heavy atom. The van der Waals surface area contributed by atoms with E-state index in [1.807, 2.05) is 12.3 Å². The molecular weight excluding hydrogens is 325 g/mol. The van der Waals surface area contributed by atoms with Crippen LogP contribution in [0.3, 0.4) is 0 Å². The summed E-state index contributed by atoms with van der Waals surface area (Å²) in [5.74, 6) is -0.450.